The minimum Gasteiger partial charge on any atom is -0.390 e. The Morgan fingerprint density at radius 2 is 1.20 bits per heavy atom. The van der Waals surface area contributed by atoms with Gasteiger partial charge in [0.2, 0.25) is 0 Å². The van der Waals surface area contributed by atoms with Crippen molar-refractivity contribution in [2.75, 3.05) is 0 Å². The summed E-state index contributed by atoms with van der Waals surface area (Å²) in [7, 11) is 0. The van der Waals surface area contributed by atoms with Crippen molar-refractivity contribution in [3.63, 3.8) is 0 Å². The van der Waals surface area contributed by atoms with E-state index in [0.717, 1.165) is 6.42 Å². The Bertz CT molecular complexity index is 754. The predicted molar refractivity (Wildman–Crippen MR) is 130 cm³/mol. The molecule has 0 saturated carbocycles. The maximum atomic E-state index is 10.5. The van der Waals surface area contributed by atoms with Gasteiger partial charge in [0.25, 0.3) is 0 Å². The lowest BCUT2D eigenvalue weighted by atomic mass is 9.63. The SMILES string of the molecule is CC(C)(O)CC(C)(C)C1=CC(C)(C(C)(C)C)C=C(C(C)(C)CC(C)(C)CC#N)C=C1. The summed E-state index contributed by atoms with van der Waals surface area (Å²) < 4.78 is 0. The molecule has 1 atom stereocenters. The molecule has 2 nitrogen and oxygen atoms in total. The van der Waals surface area contributed by atoms with Crippen LogP contribution in [0.15, 0.2) is 35.5 Å². The van der Waals surface area contributed by atoms with Gasteiger partial charge in [-0.1, -0.05) is 93.5 Å². The number of allylic oxidation sites excluding steroid dienone is 6. The zero-order valence-corrected chi connectivity index (χ0v) is 21.8. The molecule has 0 aromatic carbocycles. The first kappa shape index (κ1) is 26.7. The van der Waals surface area contributed by atoms with Crippen LogP contribution in [0.5, 0.6) is 0 Å². The molecule has 0 saturated heterocycles. The third kappa shape index (κ3) is 6.84. The second-order valence-electron chi connectivity index (χ2n) is 13.5. The third-order valence-electron chi connectivity index (χ3n) is 6.88. The number of nitrogens with zero attached hydrogens (tertiary/aromatic N) is 1. The molecule has 170 valence electrons. The van der Waals surface area contributed by atoms with E-state index in [2.05, 4.69) is 99.6 Å². The van der Waals surface area contributed by atoms with E-state index < -0.39 is 5.60 Å². The molecule has 1 aliphatic carbocycles. The van der Waals surface area contributed by atoms with Crippen LogP contribution in [0.2, 0.25) is 0 Å². The van der Waals surface area contributed by atoms with E-state index in [1.807, 2.05) is 13.8 Å². The largest absolute Gasteiger partial charge is 0.390 e. The minimum absolute atomic E-state index is 0.0339. The Balaban J connectivity index is 3.54. The van der Waals surface area contributed by atoms with E-state index in [1.165, 1.54) is 11.1 Å². The fraction of sp³-hybridized carbons (Fsp3) is 0.750. The molecule has 0 fully saturated rings. The molecule has 30 heavy (non-hydrogen) atoms. The van der Waals surface area contributed by atoms with Crippen LogP contribution in [-0.2, 0) is 0 Å². The standard InChI is InChI=1S/C28H47NO/c1-23(2,3)28(12)17-21(25(6,7)19-24(4,5)15-16-29)13-14-22(18-28)26(8,9)20-27(10,11)30/h13-14,17-18,30H,15,19-20H2,1-12H3. The Labute approximate surface area is 187 Å². The molecule has 1 aliphatic rings. The van der Waals surface area contributed by atoms with Crippen LogP contribution in [0.3, 0.4) is 0 Å². The summed E-state index contributed by atoms with van der Waals surface area (Å²) in [6.45, 7) is 26.5. The first-order chi connectivity index (χ1) is 13.1. The van der Waals surface area contributed by atoms with Gasteiger partial charge in [-0.05, 0) is 59.5 Å². The topological polar surface area (TPSA) is 44.0 Å². The van der Waals surface area contributed by atoms with Crippen molar-refractivity contribution >= 4 is 0 Å². The predicted octanol–water partition coefficient (Wildman–Crippen LogP) is 8.00. The quantitative estimate of drug-likeness (QED) is 0.459. The van der Waals surface area contributed by atoms with Crippen LogP contribution in [0.4, 0.5) is 0 Å². The van der Waals surface area contributed by atoms with Crippen LogP contribution in [0.25, 0.3) is 0 Å². The Morgan fingerprint density at radius 1 is 0.800 bits per heavy atom. The van der Waals surface area contributed by atoms with Crippen molar-refractivity contribution in [1.29, 1.82) is 5.26 Å². The lowest BCUT2D eigenvalue weighted by Gasteiger charge is -2.42. The Morgan fingerprint density at radius 3 is 1.53 bits per heavy atom. The van der Waals surface area contributed by atoms with E-state index in [4.69, 9.17) is 0 Å². The monoisotopic (exact) mass is 413 g/mol. The Hall–Kier alpha value is -1.33. The number of nitriles is 1. The van der Waals surface area contributed by atoms with Gasteiger partial charge in [-0.25, -0.2) is 0 Å². The molecule has 0 aromatic rings. The molecule has 1 unspecified atom stereocenters. The lowest BCUT2D eigenvalue weighted by Crippen LogP contribution is -2.33. The highest BCUT2D eigenvalue weighted by molar-refractivity contribution is 5.42. The van der Waals surface area contributed by atoms with Gasteiger partial charge in [-0.2, -0.15) is 5.26 Å². The average Bonchev–Trinajstić information content (AvgIpc) is 2.64. The fourth-order valence-electron chi connectivity index (χ4n) is 5.00. The average molecular weight is 414 g/mol. The van der Waals surface area contributed by atoms with Crippen molar-refractivity contribution in [3.8, 4) is 6.07 Å². The second-order valence-corrected chi connectivity index (χ2v) is 13.5. The molecule has 1 rings (SSSR count). The number of hydrogen-bond acceptors (Lipinski definition) is 2. The summed E-state index contributed by atoms with van der Waals surface area (Å²) in [5.74, 6) is 0. The van der Waals surface area contributed by atoms with E-state index in [1.54, 1.807) is 0 Å². The van der Waals surface area contributed by atoms with Gasteiger partial charge in [0, 0.05) is 11.8 Å². The van der Waals surface area contributed by atoms with Crippen LogP contribution < -0.4 is 0 Å². The van der Waals surface area contributed by atoms with E-state index in [0.29, 0.717) is 12.8 Å². The van der Waals surface area contributed by atoms with Gasteiger partial charge in [0.1, 0.15) is 0 Å². The molecular formula is C28H47NO. The molecular weight excluding hydrogens is 366 g/mol. The van der Waals surface area contributed by atoms with E-state index in [-0.39, 0.29) is 27.1 Å². The van der Waals surface area contributed by atoms with Gasteiger partial charge in [-0.3, -0.25) is 0 Å². The summed E-state index contributed by atoms with van der Waals surface area (Å²) in [4.78, 5) is 0. The molecule has 2 heteroatoms. The first-order valence-electron chi connectivity index (χ1n) is 11.4. The van der Waals surface area contributed by atoms with Crippen LogP contribution in [0.1, 0.15) is 102 Å². The van der Waals surface area contributed by atoms with Crippen molar-refractivity contribution in [1.82, 2.24) is 0 Å². The summed E-state index contributed by atoms with van der Waals surface area (Å²) in [6, 6.07) is 2.36. The van der Waals surface area contributed by atoms with E-state index in [9.17, 15) is 10.4 Å². The van der Waals surface area contributed by atoms with Gasteiger partial charge in [-0.15, -0.1) is 0 Å². The summed E-state index contributed by atoms with van der Waals surface area (Å²) >= 11 is 0. The normalized spacial score (nSPS) is 21.6. The third-order valence-corrected chi connectivity index (χ3v) is 6.88. The highest BCUT2D eigenvalue weighted by atomic mass is 16.3. The molecule has 0 bridgehead atoms. The first-order valence-corrected chi connectivity index (χ1v) is 11.4. The molecule has 0 spiro atoms. The molecule has 0 heterocycles. The molecule has 1 N–H and O–H groups in total. The van der Waals surface area contributed by atoms with Gasteiger partial charge >= 0.3 is 0 Å². The zero-order chi connectivity index (χ0) is 23.8. The smallest absolute Gasteiger partial charge is 0.0627 e. The van der Waals surface area contributed by atoms with Crippen LogP contribution in [0, 0.1) is 38.4 Å². The van der Waals surface area contributed by atoms with Crippen molar-refractivity contribution in [2.45, 2.75) is 108 Å². The van der Waals surface area contributed by atoms with E-state index >= 15 is 0 Å². The van der Waals surface area contributed by atoms with Crippen molar-refractivity contribution in [3.05, 3.63) is 35.5 Å². The highest BCUT2D eigenvalue weighted by Crippen LogP contribution is 2.51. The second kappa shape index (κ2) is 8.31. The van der Waals surface area contributed by atoms with Gasteiger partial charge < -0.3 is 5.11 Å². The number of hydrogen-bond donors (Lipinski definition) is 1. The minimum atomic E-state index is -0.723. The molecule has 0 amide bonds. The van der Waals surface area contributed by atoms with Gasteiger partial charge in [0.05, 0.1) is 11.7 Å². The number of aliphatic hydroxyl groups is 1. The summed E-state index contributed by atoms with van der Waals surface area (Å²) in [5.41, 5.74) is 1.57. The molecule has 0 radical (unpaired) electrons. The number of rotatable bonds is 7. The maximum Gasteiger partial charge on any atom is 0.0627 e. The maximum absolute atomic E-state index is 10.5. The highest BCUT2D eigenvalue weighted by Gasteiger charge is 2.40. The molecule has 0 aromatic heterocycles. The van der Waals surface area contributed by atoms with Gasteiger partial charge in [0.15, 0.2) is 0 Å². The van der Waals surface area contributed by atoms with Crippen molar-refractivity contribution in [2.24, 2.45) is 27.1 Å². The molecule has 0 aliphatic heterocycles. The van der Waals surface area contributed by atoms with Crippen LogP contribution in [-0.4, -0.2) is 10.7 Å². The summed E-state index contributed by atoms with van der Waals surface area (Å²) in [5, 5.41) is 19.8. The van der Waals surface area contributed by atoms with Crippen LogP contribution >= 0.6 is 0 Å². The summed E-state index contributed by atoms with van der Waals surface area (Å²) in [6.07, 6.45) is 11.7. The lowest BCUT2D eigenvalue weighted by molar-refractivity contribution is 0.0416. The zero-order valence-electron chi connectivity index (χ0n) is 21.8. The fourth-order valence-corrected chi connectivity index (χ4v) is 5.00. The van der Waals surface area contributed by atoms with Crippen molar-refractivity contribution < 1.29 is 5.11 Å². The Kier molecular flexibility index (Phi) is 7.40.